The zero-order valence-corrected chi connectivity index (χ0v) is 12.3. The van der Waals surface area contributed by atoms with Gasteiger partial charge in [-0.1, -0.05) is 29.8 Å². The fraction of sp³-hybridized carbons (Fsp3) is 0.143. The van der Waals surface area contributed by atoms with Gasteiger partial charge in [-0.3, -0.25) is 10.1 Å². The molecule has 0 heterocycles. The van der Waals surface area contributed by atoms with Crippen LogP contribution in [0.5, 0.6) is 0 Å². The summed E-state index contributed by atoms with van der Waals surface area (Å²) in [7, 11) is 0. The Morgan fingerprint density at radius 3 is 2.75 bits per heavy atom. The van der Waals surface area contributed by atoms with Crippen LogP contribution < -0.4 is 5.32 Å². The number of halogens is 2. The molecule has 0 aliphatic carbocycles. The maximum atomic E-state index is 13.5. The van der Waals surface area contributed by atoms with Crippen molar-refractivity contribution in [2.45, 2.75) is 13.5 Å². The summed E-state index contributed by atoms with van der Waals surface area (Å²) in [6, 6.07) is 10.0. The summed E-state index contributed by atoms with van der Waals surface area (Å²) in [6.45, 7) is 2.36. The van der Waals surface area contributed by atoms with Crippen LogP contribution in [0.15, 0.2) is 40.9 Å². The fourth-order valence-corrected chi connectivity index (χ4v) is 2.18. The first-order valence-electron chi connectivity index (χ1n) is 5.90. The van der Waals surface area contributed by atoms with Gasteiger partial charge in [0.15, 0.2) is 0 Å². The number of rotatable bonds is 4. The van der Waals surface area contributed by atoms with Crippen LogP contribution in [-0.2, 0) is 6.54 Å². The number of benzene rings is 2. The van der Waals surface area contributed by atoms with Crippen molar-refractivity contribution in [2.75, 3.05) is 5.32 Å². The molecule has 4 nitrogen and oxygen atoms in total. The Balaban J connectivity index is 2.24. The van der Waals surface area contributed by atoms with Crippen molar-refractivity contribution in [1.82, 2.24) is 0 Å². The second-order valence-corrected chi connectivity index (χ2v) is 5.24. The molecule has 2 aromatic carbocycles. The smallest absolute Gasteiger partial charge is 0.293 e. The minimum atomic E-state index is -0.539. The first-order valence-corrected chi connectivity index (χ1v) is 6.69. The molecule has 0 unspecified atom stereocenters. The first-order chi connectivity index (χ1) is 9.47. The van der Waals surface area contributed by atoms with Crippen LogP contribution in [0.4, 0.5) is 15.8 Å². The minimum Gasteiger partial charge on any atom is -0.375 e. The lowest BCUT2D eigenvalue weighted by atomic mass is 10.1. The molecular weight excluding hydrogens is 327 g/mol. The monoisotopic (exact) mass is 338 g/mol. The van der Waals surface area contributed by atoms with E-state index in [9.17, 15) is 14.5 Å². The summed E-state index contributed by atoms with van der Waals surface area (Å²) in [5.74, 6) is -0.539. The van der Waals surface area contributed by atoms with Crippen molar-refractivity contribution >= 4 is 27.3 Å². The molecule has 0 aromatic heterocycles. The van der Waals surface area contributed by atoms with Crippen LogP contribution in [0.2, 0.25) is 0 Å². The number of aryl methyl sites for hydroxylation is 1. The Labute approximate surface area is 123 Å². The van der Waals surface area contributed by atoms with Crippen molar-refractivity contribution in [3.63, 3.8) is 0 Å². The molecule has 0 aliphatic rings. The van der Waals surface area contributed by atoms with E-state index in [1.807, 2.05) is 31.2 Å². The number of nitro benzene ring substituents is 1. The third kappa shape index (κ3) is 3.33. The Morgan fingerprint density at radius 1 is 1.35 bits per heavy atom. The predicted octanol–water partition coefficient (Wildman–Crippen LogP) is 4.42. The van der Waals surface area contributed by atoms with Gasteiger partial charge in [0.05, 0.1) is 9.40 Å². The topological polar surface area (TPSA) is 55.2 Å². The zero-order chi connectivity index (χ0) is 14.7. The summed E-state index contributed by atoms with van der Waals surface area (Å²) in [6.07, 6.45) is 0. The molecule has 0 atom stereocenters. The Morgan fingerprint density at radius 2 is 2.10 bits per heavy atom. The highest BCUT2D eigenvalue weighted by atomic mass is 79.9. The van der Waals surface area contributed by atoms with Gasteiger partial charge in [-0.25, -0.2) is 4.39 Å². The van der Waals surface area contributed by atoms with Crippen molar-refractivity contribution in [2.24, 2.45) is 0 Å². The molecule has 2 rings (SSSR count). The van der Waals surface area contributed by atoms with E-state index in [0.717, 1.165) is 23.3 Å². The average molecular weight is 339 g/mol. The van der Waals surface area contributed by atoms with Crippen LogP contribution in [0.1, 0.15) is 11.1 Å². The maximum Gasteiger partial charge on any atom is 0.293 e. The summed E-state index contributed by atoms with van der Waals surface area (Å²) in [5, 5.41) is 13.9. The molecule has 0 spiro atoms. The second-order valence-electron chi connectivity index (χ2n) is 4.38. The summed E-state index contributed by atoms with van der Waals surface area (Å²) < 4.78 is 13.6. The van der Waals surface area contributed by atoms with Crippen LogP contribution in [0, 0.1) is 22.9 Å². The van der Waals surface area contributed by atoms with Gasteiger partial charge in [0.25, 0.3) is 5.69 Å². The molecule has 20 heavy (non-hydrogen) atoms. The van der Waals surface area contributed by atoms with Crippen LogP contribution >= 0.6 is 15.9 Å². The first kappa shape index (κ1) is 14.5. The lowest BCUT2D eigenvalue weighted by Crippen LogP contribution is -2.03. The standard InChI is InChI=1S/C14H12BrFN2O2/c1-9-3-2-4-10(5-9)8-17-13-7-12(16)11(15)6-14(13)18(19)20/h2-7,17H,8H2,1H3. The molecule has 1 N–H and O–H groups in total. The summed E-state index contributed by atoms with van der Waals surface area (Å²) >= 11 is 2.95. The molecular formula is C14H12BrFN2O2. The number of nitrogens with one attached hydrogen (secondary N) is 1. The van der Waals surface area contributed by atoms with Gasteiger partial charge in [-0.15, -0.1) is 0 Å². The predicted molar refractivity (Wildman–Crippen MR) is 79.3 cm³/mol. The van der Waals surface area contributed by atoms with E-state index in [4.69, 9.17) is 0 Å². The average Bonchev–Trinajstić information content (AvgIpc) is 2.39. The highest BCUT2D eigenvalue weighted by molar-refractivity contribution is 9.10. The van der Waals surface area contributed by atoms with Gasteiger partial charge in [0.1, 0.15) is 11.5 Å². The fourth-order valence-electron chi connectivity index (χ4n) is 1.85. The zero-order valence-electron chi connectivity index (χ0n) is 10.7. The van der Waals surface area contributed by atoms with Gasteiger partial charge < -0.3 is 5.32 Å². The van der Waals surface area contributed by atoms with Crippen molar-refractivity contribution < 1.29 is 9.31 Å². The third-order valence-corrected chi connectivity index (χ3v) is 3.41. The second kappa shape index (κ2) is 6.00. The number of hydrogen-bond donors (Lipinski definition) is 1. The number of hydrogen-bond acceptors (Lipinski definition) is 3. The number of anilines is 1. The maximum absolute atomic E-state index is 13.5. The number of nitrogens with zero attached hydrogens (tertiary/aromatic N) is 1. The van der Waals surface area contributed by atoms with Crippen LogP contribution in [-0.4, -0.2) is 4.92 Å². The molecule has 104 valence electrons. The highest BCUT2D eigenvalue weighted by Gasteiger charge is 2.17. The molecule has 0 fully saturated rings. The molecule has 6 heteroatoms. The van der Waals surface area contributed by atoms with Gasteiger partial charge in [-0.2, -0.15) is 0 Å². The largest absolute Gasteiger partial charge is 0.375 e. The van der Waals surface area contributed by atoms with Crippen molar-refractivity contribution in [3.05, 3.63) is 67.9 Å². The molecule has 2 aromatic rings. The quantitative estimate of drug-likeness (QED) is 0.663. The van der Waals surface area contributed by atoms with Crippen molar-refractivity contribution in [3.8, 4) is 0 Å². The van der Waals surface area contributed by atoms with Gasteiger partial charge in [-0.05, 0) is 28.4 Å². The van der Waals surface area contributed by atoms with E-state index < -0.39 is 10.7 Å². The molecule has 0 aliphatic heterocycles. The third-order valence-electron chi connectivity index (χ3n) is 2.80. The van der Waals surface area contributed by atoms with Gasteiger partial charge >= 0.3 is 0 Å². The summed E-state index contributed by atoms with van der Waals surface area (Å²) in [5.41, 5.74) is 2.08. The van der Waals surface area contributed by atoms with Crippen LogP contribution in [0.25, 0.3) is 0 Å². The molecule has 0 saturated heterocycles. The highest BCUT2D eigenvalue weighted by Crippen LogP contribution is 2.30. The van der Waals surface area contributed by atoms with E-state index >= 15 is 0 Å². The van der Waals surface area contributed by atoms with E-state index in [1.54, 1.807) is 0 Å². The lowest BCUT2D eigenvalue weighted by Gasteiger charge is -2.08. The Bertz CT molecular complexity index is 662. The van der Waals surface area contributed by atoms with E-state index in [2.05, 4.69) is 21.2 Å². The SMILES string of the molecule is Cc1cccc(CNc2cc(F)c(Br)cc2[N+](=O)[O-])c1. The van der Waals surface area contributed by atoms with Crippen LogP contribution in [0.3, 0.4) is 0 Å². The molecule has 0 radical (unpaired) electrons. The minimum absolute atomic E-state index is 0.0744. The molecule has 0 amide bonds. The molecule has 0 bridgehead atoms. The summed E-state index contributed by atoms with van der Waals surface area (Å²) in [4.78, 5) is 10.4. The van der Waals surface area contributed by atoms with Crippen molar-refractivity contribution in [1.29, 1.82) is 0 Å². The van der Waals surface area contributed by atoms with Gasteiger partial charge in [0.2, 0.25) is 0 Å². The van der Waals surface area contributed by atoms with E-state index in [-0.39, 0.29) is 15.8 Å². The molecule has 0 saturated carbocycles. The normalized spacial score (nSPS) is 10.3. The van der Waals surface area contributed by atoms with E-state index in [0.29, 0.717) is 6.54 Å². The Kier molecular flexibility index (Phi) is 4.34. The van der Waals surface area contributed by atoms with Gasteiger partial charge in [0, 0.05) is 18.7 Å². The Hall–Kier alpha value is -1.95. The lowest BCUT2D eigenvalue weighted by molar-refractivity contribution is -0.384. The number of nitro groups is 1. The van der Waals surface area contributed by atoms with E-state index in [1.165, 1.54) is 0 Å².